The molecule has 35 heavy (non-hydrogen) atoms. The van der Waals surface area contributed by atoms with Gasteiger partial charge in [-0.3, -0.25) is 4.90 Å². The van der Waals surface area contributed by atoms with Crippen molar-refractivity contribution in [1.29, 1.82) is 0 Å². The van der Waals surface area contributed by atoms with E-state index in [-0.39, 0.29) is 18.8 Å². The average molecular weight is 528 g/mol. The second-order valence-electron chi connectivity index (χ2n) is 9.35. The van der Waals surface area contributed by atoms with Gasteiger partial charge in [0.15, 0.2) is 5.82 Å². The van der Waals surface area contributed by atoms with E-state index < -0.39 is 32.1 Å². The van der Waals surface area contributed by atoms with Crippen LogP contribution in [0.3, 0.4) is 0 Å². The molecule has 0 radical (unpaired) electrons. The maximum absolute atomic E-state index is 13.5. The Balaban J connectivity index is 1.34. The Bertz CT molecular complexity index is 1360. The van der Waals surface area contributed by atoms with Crippen molar-refractivity contribution in [2.24, 2.45) is 5.92 Å². The third-order valence-corrected chi connectivity index (χ3v) is 9.89. The van der Waals surface area contributed by atoms with E-state index in [0.717, 1.165) is 19.7 Å². The lowest BCUT2D eigenvalue weighted by atomic mass is 10.1. The molecule has 0 amide bonds. The molecule has 1 aromatic heterocycles. The lowest BCUT2D eigenvalue weighted by Crippen LogP contribution is -2.47. The molecule has 0 N–H and O–H groups in total. The summed E-state index contributed by atoms with van der Waals surface area (Å²) >= 11 is 0. The zero-order chi connectivity index (χ0) is 25.2. The molecule has 2 aliphatic heterocycles. The van der Waals surface area contributed by atoms with Crippen LogP contribution in [0.5, 0.6) is 0 Å². The number of alkyl halides is 2. The first-order valence-corrected chi connectivity index (χ1v) is 14.5. The SMILES string of the molecule is CN1c2nc(-c3cccc(CN4CCN(S(C)(=O)=O)CC4)c3)ccc2N(CC2CC2(F)F)S1(=O)=O. The molecule has 9 nitrogen and oxygen atoms in total. The van der Waals surface area contributed by atoms with Crippen LogP contribution in [0, 0.1) is 5.92 Å². The second-order valence-corrected chi connectivity index (χ2v) is 13.2. The van der Waals surface area contributed by atoms with Crippen molar-refractivity contribution in [2.75, 3.05) is 54.6 Å². The van der Waals surface area contributed by atoms with Crippen LogP contribution in [0.1, 0.15) is 12.0 Å². The first-order chi connectivity index (χ1) is 16.4. The number of anilines is 2. The molecular weight excluding hydrogens is 500 g/mol. The van der Waals surface area contributed by atoms with Crippen LogP contribution in [0.2, 0.25) is 0 Å². The molecule has 1 saturated heterocycles. The van der Waals surface area contributed by atoms with Gasteiger partial charge in [-0.1, -0.05) is 18.2 Å². The Hall–Kier alpha value is -2.35. The number of hydrogen-bond donors (Lipinski definition) is 0. The normalized spacial score (nSPS) is 23.9. The smallest absolute Gasteiger partial charge is 0.296 e. The molecule has 1 aliphatic carbocycles. The second kappa shape index (κ2) is 8.36. The van der Waals surface area contributed by atoms with Crippen LogP contribution in [-0.2, 0) is 26.8 Å². The van der Waals surface area contributed by atoms with E-state index in [0.29, 0.717) is 44.1 Å². The molecule has 3 aliphatic rings. The molecule has 5 rings (SSSR count). The lowest BCUT2D eigenvalue weighted by Gasteiger charge is -2.33. The van der Waals surface area contributed by atoms with Crippen LogP contribution in [0.4, 0.5) is 20.3 Å². The van der Waals surface area contributed by atoms with E-state index in [9.17, 15) is 25.6 Å². The van der Waals surface area contributed by atoms with Crippen LogP contribution in [0.25, 0.3) is 11.3 Å². The summed E-state index contributed by atoms with van der Waals surface area (Å²) in [6.45, 7) is 2.55. The Morgan fingerprint density at radius 2 is 1.80 bits per heavy atom. The zero-order valence-corrected chi connectivity index (χ0v) is 21.1. The van der Waals surface area contributed by atoms with E-state index >= 15 is 0 Å². The maximum Gasteiger partial charge on any atom is 0.327 e. The minimum absolute atomic E-state index is 0.216. The van der Waals surface area contributed by atoms with E-state index in [1.807, 2.05) is 24.3 Å². The molecule has 190 valence electrons. The van der Waals surface area contributed by atoms with Crippen molar-refractivity contribution in [1.82, 2.24) is 14.2 Å². The molecule has 2 aromatic rings. The Kier molecular flexibility index (Phi) is 5.81. The third-order valence-electron chi connectivity index (χ3n) is 6.82. The summed E-state index contributed by atoms with van der Waals surface area (Å²) in [5.41, 5.74) is 2.71. The molecule has 1 unspecified atom stereocenters. The predicted molar refractivity (Wildman–Crippen MR) is 129 cm³/mol. The Morgan fingerprint density at radius 3 is 2.43 bits per heavy atom. The van der Waals surface area contributed by atoms with Crippen molar-refractivity contribution in [2.45, 2.75) is 18.9 Å². The quantitative estimate of drug-likeness (QED) is 0.571. The number of benzene rings is 1. The number of hydrogen-bond acceptors (Lipinski definition) is 6. The fourth-order valence-electron chi connectivity index (χ4n) is 4.58. The number of pyridine rings is 1. The van der Waals surface area contributed by atoms with Gasteiger partial charge in [-0.2, -0.15) is 12.7 Å². The largest absolute Gasteiger partial charge is 0.327 e. The van der Waals surface area contributed by atoms with Gasteiger partial charge in [-0.05, 0) is 23.8 Å². The molecule has 0 bridgehead atoms. The summed E-state index contributed by atoms with van der Waals surface area (Å²) in [4.78, 5) is 6.75. The number of fused-ring (bicyclic) bond motifs is 1. The highest BCUT2D eigenvalue weighted by Crippen LogP contribution is 2.51. The number of rotatable bonds is 6. The van der Waals surface area contributed by atoms with E-state index in [1.54, 1.807) is 12.1 Å². The highest BCUT2D eigenvalue weighted by atomic mass is 32.2. The van der Waals surface area contributed by atoms with E-state index in [2.05, 4.69) is 9.88 Å². The molecule has 0 spiro atoms. The molecule has 13 heteroatoms. The fourth-order valence-corrected chi connectivity index (χ4v) is 6.81. The number of piperazine rings is 1. The first kappa shape index (κ1) is 24.3. The van der Waals surface area contributed by atoms with Gasteiger partial charge in [0.25, 0.3) is 5.92 Å². The molecule has 3 heterocycles. The zero-order valence-electron chi connectivity index (χ0n) is 19.4. The number of sulfonamides is 1. The van der Waals surface area contributed by atoms with Gasteiger partial charge in [-0.25, -0.2) is 30.8 Å². The molecule has 1 aromatic carbocycles. The minimum Gasteiger partial charge on any atom is -0.296 e. The van der Waals surface area contributed by atoms with Crippen molar-refractivity contribution >= 4 is 31.7 Å². The number of halogens is 2. The molecule has 1 saturated carbocycles. The topological polar surface area (TPSA) is 94.1 Å². The third kappa shape index (κ3) is 4.61. The number of aromatic nitrogens is 1. The summed E-state index contributed by atoms with van der Waals surface area (Å²) < 4.78 is 79.6. The first-order valence-electron chi connectivity index (χ1n) is 11.3. The van der Waals surface area contributed by atoms with Crippen LogP contribution in [-0.4, -0.2) is 83.0 Å². The van der Waals surface area contributed by atoms with Crippen LogP contribution in [0.15, 0.2) is 36.4 Å². The highest BCUT2D eigenvalue weighted by molar-refractivity contribution is 7.94. The van der Waals surface area contributed by atoms with Gasteiger partial charge in [0.1, 0.15) is 0 Å². The van der Waals surface area contributed by atoms with Gasteiger partial charge >= 0.3 is 10.2 Å². The van der Waals surface area contributed by atoms with Gasteiger partial charge in [0.2, 0.25) is 10.0 Å². The van der Waals surface area contributed by atoms with Crippen LogP contribution >= 0.6 is 0 Å². The van der Waals surface area contributed by atoms with Gasteiger partial charge in [0.05, 0.1) is 17.6 Å². The Labute approximate surface area is 204 Å². The van der Waals surface area contributed by atoms with Gasteiger partial charge in [-0.15, -0.1) is 0 Å². The van der Waals surface area contributed by atoms with E-state index in [1.165, 1.54) is 17.6 Å². The van der Waals surface area contributed by atoms with Crippen molar-refractivity contribution in [3.05, 3.63) is 42.0 Å². The maximum atomic E-state index is 13.5. The van der Waals surface area contributed by atoms with Crippen molar-refractivity contribution in [3.63, 3.8) is 0 Å². The van der Waals surface area contributed by atoms with E-state index in [4.69, 9.17) is 0 Å². The highest BCUT2D eigenvalue weighted by Gasteiger charge is 2.59. The minimum atomic E-state index is -3.95. The molecular formula is C22H27F2N5O4S2. The van der Waals surface area contributed by atoms with Gasteiger partial charge < -0.3 is 0 Å². The summed E-state index contributed by atoms with van der Waals surface area (Å²) in [7, 11) is -5.76. The van der Waals surface area contributed by atoms with Crippen LogP contribution < -0.4 is 8.61 Å². The standard InChI is InChI=1S/C22H27F2N5O4S2/c1-26-21-20(29(35(26,32)33)15-18-13-22(18,23)24)7-6-19(25-21)17-5-3-4-16(12-17)14-27-8-10-28(11-9-27)34(2,30)31/h3-7,12,18H,8-11,13-15H2,1-2H3. The predicted octanol–water partition coefficient (Wildman–Crippen LogP) is 1.98. The Morgan fingerprint density at radius 1 is 1.11 bits per heavy atom. The summed E-state index contributed by atoms with van der Waals surface area (Å²) in [5.74, 6) is -3.58. The fraction of sp³-hybridized carbons (Fsp3) is 0.500. The average Bonchev–Trinajstić information content (AvgIpc) is 3.36. The summed E-state index contributed by atoms with van der Waals surface area (Å²) in [5, 5.41) is 0. The summed E-state index contributed by atoms with van der Waals surface area (Å²) in [6, 6.07) is 11.1. The number of nitrogens with zero attached hydrogens (tertiary/aromatic N) is 5. The van der Waals surface area contributed by atoms with Gasteiger partial charge in [0, 0.05) is 64.2 Å². The summed E-state index contributed by atoms with van der Waals surface area (Å²) in [6.07, 6.45) is 0.915. The lowest BCUT2D eigenvalue weighted by molar-refractivity contribution is 0.101. The molecule has 1 atom stereocenters. The molecule has 2 fully saturated rings. The van der Waals surface area contributed by atoms with Crippen molar-refractivity contribution in [3.8, 4) is 11.3 Å². The monoisotopic (exact) mass is 527 g/mol. The van der Waals surface area contributed by atoms with Crippen molar-refractivity contribution < 1.29 is 25.6 Å².